The monoisotopic (exact) mass is 147 g/mol. The van der Waals surface area contributed by atoms with E-state index in [-0.39, 0.29) is 0 Å². The molecular weight excluding hydrogens is 134 g/mol. The Morgan fingerprint density at radius 1 is 1.45 bits per heavy atom. The molecule has 0 aliphatic heterocycles. The van der Waals surface area contributed by atoms with Crippen LogP contribution in [0.4, 0.5) is 0 Å². The summed E-state index contributed by atoms with van der Waals surface area (Å²) in [6, 6.07) is 0. The smallest absolute Gasteiger partial charge is 0.0266 e. The largest absolute Gasteiger partial charge is 0.272 e. The summed E-state index contributed by atoms with van der Waals surface area (Å²) in [5.41, 5.74) is 2.01. The lowest BCUT2D eigenvalue weighted by Gasteiger charge is -1.95. The van der Waals surface area contributed by atoms with Gasteiger partial charge in [-0.25, -0.2) is 0 Å². The van der Waals surface area contributed by atoms with Crippen molar-refractivity contribution >= 4 is 6.72 Å². The van der Waals surface area contributed by atoms with Gasteiger partial charge in [-0.2, -0.15) is 0 Å². The highest BCUT2D eigenvalue weighted by atomic mass is 14.6. The van der Waals surface area contributed by atoms with Gasteiger partial charge >= 0.3 is 0 Å². The molecule has 0 aliphatic rings. The first-order valence-corrected chi connectivity index (χ1v) is 3.33. The van der Waals surface area contributed by atoms with Gasteiger partial charge in [-0.1, -0.05) is 25.3 Å². The van der Waals surface area contributed by atoms with Crippen molar-refractivity contribution in [2.24, 2.45) is 4.99 Å². The number of nitrogens with zero attached hydrogens (tertiary/aromatic N) is 1. The van der Waals surface area contributed by atoms with Crippen molar-refractivity contribution in [1.82, 2.24) is 0 Å². The maximum absolute atomic E-state index is 3.82. The first kappa shape index (κ1) is 9.63. The van der Waals surface area contributed by atoms with E-state index < -0.39 is 0 Å². The standard InChI is InChI=1S/C10H13N/c1-5-6-9(2)10(3)7-8-11-4/h5-8H,1,3-4H2,2H3/b8-7-,9-6+. The van der Waals surface area contributed by atoms with Crippen LogP contribution in [-0.2, 0) is 0 Å². The Balaban J connectivity index is 4.24. The molecule has 0 atom stereocenters. The summed E-state index contributed by atoms with van der Waals surface area (Å²) in [4.78, 5) is 3.57. The second-order valence-electron chi connectivity index (χ2n) is 2.11. The molecule has 0 spiro atoms. The molecule has 0 aliphatic carbocycles. The lowest BCUT2D eigenvalue weighted by Crippen LogP contribution is -1.76. The van der Waals surface area contributed by atoms with Gasteiger partial charge in [-0.3, -0.25) is 4.99 Å². The van der Waals surface area contributed by atoms with E-state index in [4.69, 9.17) is 0 Å². The summed E-state index contributed by atoms with van der Waals surface area (Å²) >= 11 is 0. The summed E-state index contributed by atoms with van der Waals surface area (Å²) in [5.74, 6) is 0. The van der Waals surface area contributed by atoms with Crippen molar-refractivity contribution in [3.63, 3.8) is 0 Å². The summed E-state index contributed by atoms with van der Waals surface area (Å²) in [6.45, 7) is 12.7. The molecule has 1 nitrogen and oxygen atoms in total. The second-order valence-corrected chi connectivity index (χ2v) is 2.11. The van der Waals surface area contributed by atoms with Crippen LogP contribution in [0.3, 0.4) is 0 Å². The maximum Gasteiger partial charge on any atom is 0.0266 e. The van der Waals surface area contributed by atoms with Crippen LogP contribution in [0.5, 0.6) is 0 Å². The summed E-state index contributed by atoms with van der Waals surface area (Å²) < 4.78 is 0. The fraction of sp³-hybridized carbons (Fsp3) is 0.100. The van der Waals surface area contributed by atoms with Crippen molar-refractivity contribution in [3.05, 3.63) is 48.7 Å². The van der Waals surface area contributed by atoms with Crippen LogP contribution in [0.15, 0.2) is 53.7 Å². The Labute approximate surface area is 68.2 Å². The molecule has 0 aromatic rings. The summed E-state index contributed by atoms with van der Waals surface area (Å²) in [5, 5.41) is 0. The zero-order chi connectivity index (χ0) is 8.69. The van der Waals surface area contributed by atoms with E-state index in [1.807, 2.05) is 19.1 Å². The third kappa shape index (κ3) is 4.09. The minimum atomic E-state index is 0.928. The molecule has 58 valence electrons. The molecule has 0 aromatic carbocycles. The number of rotatable bonds is 4. The zero-order valence-corrected chi connectivity index (χ0v) is 6.88. The van der Waals surface area contributed by atoms with Crippen molar-refractivity contribution in [3.8, 4) is 0 Å². The van der Waals surface area contributed by atoms with Crippen molar-refractivity contribution in [2.75, 3.05) is 0 Å². The van der Waals surface area contributed by atoms with Crippen LogP contribution in [0, 0.1) is 0 Å². The van der Waals surface area contributed by atoms with Crippen LogP contribution in [0.1, 0.15) is 6.92 Å². The van der Waals surface area contributed by atoms with Gasteiger partial charge in [0, 0.05) is 6.20 Å². The molecule has 0 heterocycles. The van der Waals surface area contributed by atoms with Gasteiger partial charge in [0.2, 0.25) is 0 Å². The van der Waals surface area contributed by atoms with Crippen molar-refractivity contribution < 1.29 is 0 Å². The van der Waals surface area contributed by atoms with E-state index in [1.54, 1.807) is 12.3 Å². The van der Waals surface area contributed by atoms with Gasteiger partial charge in [0.25, 0.3) is 0 Å². The molecule has 0 N–H and O–H groups in total. The molecular formula is C10H13N. The van der Waals surface area contributed by atoms with E-state index in [0.717, 1.165) is 11.1 Å². The third-order valence-electron chi connectivity index (χ3n) is 1.26. The van der Waals surface area contributed by atoms with Crippen molar-refractivity contribution in [2.45, 2.75) is 6.92 Å². The summed E-state index contributed by atoms with van der Waals surface area (Å²) in [7, 11) is 0. The minimum Gasteiger partial charge on any atom is -0.272 e. The van der Waals surface area contributed by atoms with Gasteiger partial charge < -0.3 is 0 Å². The quantitative estimate of drug-likeness (QED) is 0.428. The molecule has 11 heavy (non-hydrogen) atoms. The van der Waals surface area contributed by atoms with E-state index in [1.165, 1.54) is 0 Å². The van der Waals surface area contributed by atoms with Crippen LogP contribution in [0.2, 0.25) is 0 Å². The van der Waals surface area contributed by atoms with Crippen LogP contribution in [0.25, 0.3) is 0 Å². The second kappa shape index (κ2) is 5.42. The predicted octanol–water partition coefficient (Wildman–Crippen LogP) is 2.89. The number of allylic oxidation sites excluding steroid dienone is 5. The van der Waals surface area contributed by atoms with Crippen LogP contribution >= 0.6 is 0 Å². The molecule has 0 saturated carbocycles. The van der Waals surface area contributed by atoms with Crippen LogP contribution < -0.4 is 0 Å². The molecule has 0 rings (SSSR count). The number of aliphatic imine (C=N–C) groups is 1. The topological polar surface area (TPSA) is 12.4 Å². The Hall–Kier alpha value is -1.37. The molecule has 0 unspecified atom stereocenters. The molecule has 1 heteroatoms. The van der Waals surface area contributed by atoms with Gasteiger partial charge in [-0.05, 0) is 30.9 Å². The average molecular weight is 147 g/mol. The van der Waals surface area contributed by atoms with E-state index in [2.05, 4.69) is 24.9 Å². The van der Waals surface area contributed by atoms with E-state index >= 15 is 0 Å². The molecule has 0 amide bonds. The molecule has 0 fully saturated rings. The molecule has 0 bridgehead atoms. The van der Waals surface area contributed by atoms with Gasteiger partial charge in [0.1, 0.15) is 0 Å². The SMILES string of the molecule is C=C/C=C(\C)C(=C)/C=C\N=C. The minimum absolute atomic E-state index is 0.928. The van der Waals surface area contributed by atoms with Gasteiger partial charge in [0.05, 0.1) is 0 Å². The lowest BCUT2D eigenvalue weighted by molar-refractivity contribution is 1.43. The molecule has 0 saturated heterocycles. The van der Waals surface area contributed by atoms with E-state index in [0.29, 0.717) is 0 Å². The fourth-order valence-electron chi connectivity index (χ4n) is 0.558. The molecule has 0 radical (unpaired) electrons. The Bertz CT molecular complexity index is 219. The Morgan fingerprint density at radius 2 is 2.09 bits per heavy atom. The third-order valence-corrected chi connectivity index (χ3v) is 1.26. The van der Waals surface area contributed by atoms with Crippen LogP contribution in [-0.4, -0.2) is 6.72 Å². The first-order chi connectivity index (χ1) is 5.22. The highest BCUT2D eigenvalue weighted by Crippen LogP contribution is 2.07. The average Bonchev–Trinajstić information content (AvgIpc) is 2.00. The molecule has 0 aromatic heterocycles. The number of hydrogen-bond donors (Lipinski definition) is 0. The highest BCUT2D eigenvalue weighted by Gasteiger charge is 1.87. The summed E-state index contributed by atoms with van der Waals surface area (Å²) in [6.07, 6.45) is 7.05. The zero-order valence-electron chi connectivity index (χ0n) is 6.88. The van der Waals surface area contributed by atoms with E-state index in [9.17, 15) is 0 Å². The number of hydrogen-bond acceptors (Lipinski definition) is 1. The first-order valence-electron chi connectivity index (χ1n) is 3.33. The van der Waals surface area contributed by atoms with Gasteiger partial charge in [-0.15, -0.1) is 0 Å². The maximum atomic E-state index is 3.82. The normalized spacial score (nSPS) is 11.5. The Kier molecular flexibility index (Phi) is 4.74. The Morgan fingerprint density at radius 3 is 2.55 bits per heavy atom. The highest BCUT2D eigenvalue weighted by molar-refractivity contribution is 5.38. The van der Waals surface area contributed by atoms with Crippen molar-refractivity contribution in [1.29, 1.82) is 0 Å². The predicted molar refractivity (Wildman–Crippen MR) is 51.8 cm³/mol. The van der Waals surface area contributed by atoms with Gasteiger partial charge in [0.15, 0.2) is 0 Å². The fourth-order valence-corrected chi connectivity index (χ4v) is 0.558. The lowest BCUT2D eigenvalue weighted by atomic mass is 10.1.